The van der Waals surface area contributed by atoms with E-state index in [1.165, 1.54) is 11.3 Å². The Labute approximate surface area is 156 Å². The second-order valence-corrected chi connectivity index (χ2v) is 6.65. The first-order valence-electron chi connectivity index (χ1n) is 8.21. The van der Waals surface area contributed by atoms with Crippen LogP contribution in [0.2, 0.25) is 0 Å². The first kappa shape index (κ1) is 18.2. The SMILES string of the molecule is CNC(=O)c1sc2nc(-c3ccc(OC)cc3)c(NCCOC)n2c1C. The van der Waals surface area contributed by atoms with Gasteiger partial charge in [0.1, 0.15) is 22.1 Å². The number of rotatable bonds is 7. The van der Waals surface area contributed by atoms with Gasteiger partial charge < -0.3 is 20.1 Å². The molecule has 3 aromatic rings. The number of ether oxygens (including phenoxy) is 2. The smallest absolute Gasteiger partial charge is 0.263 e. The van der Waals surface area contributed by atoms with Crippen LogP contribution in [0.15, 0.2) is 24.3 Å². The number of nitrogens with one attached hydrogen (secondary N) is 2. The van der Waals surface area contributed by atoms with Gasteiger partial charge in [0, 0.05) is 32.0 Å². The zero-order valence-electron chi connectivity index (χ0n) is 15.3. The average Bonchev–Trinajstić information content (AvgIpc) is 3.18. The lowest BCUT2D eigenvalue weighted by Crippen LogP contribution is -2.18. The highest BCUT2D eigenvalue weighted by molar-refractivity contribution is 7.19. The molecule has 0 aliphatic rings. The number of amides is 1. The molecule has 0 bridgehead atoms. The maximum Gasteiger partial charge on any atom is 0.263 e. The normalized spacial score (nSPS) is 10.9. The van der Waals surface area contributed by atoms with Crippen LogP contribution in [0.3, 0.4) is 0 Å². The number of imidazole rings is 1. The van der Waals surface area contributed by atoms with Gasteiger partial charge >= 0.3 is 0 Å². The highest BCUT2D eigenvalue weighted by Crippen LogP contribution is 2.35. The van der Waals surface area contributed by atoms with E-state index >= 15 is 0 Å². The fourth-order valence-electron chi connectivity index (χ4n) is 2.76. The lowest BCUT2D eigenvalue weighted by Gasteiger charge is -2.09. The van der Waals surface area contributed by atoms with Gasteiger partial charge in [-0.25, -0.2) is 4.98 Å². The van der Waals surface area contributed by atoms with Gasteiger partial charge in [-0.15, -0.1) is 0 Å². The molecule has 0 spiro atoms. The summed E-state index contributed by atoms with van der Waals surface area (Å²) >= 11 is 1.38. The van der Waals surface area contributed by atoms with E-state index in [0.717, 1.165) is 33.5 Å². The lowest BCUT2D eigenvalue weighted by atomic mass is 10.1. The highest BCUT2D eigenvalue weighted by atomic mass is 32.1. The van der Waals surface area contributed by atoms with Crippen molar-refractivity contribution in [2.75, 3.05) is 39.7 Å². The van der Waals surface area contributed by atoms with Crippen molar-refractivity contribution in [1.29, 1.82) is 0 Å². The second kappa shape index (κ2) is 7.76. The van der Waals surface area contributed by atoms with Gasteiger partial charge in [0.25, 0.3) is 5.91 Å². The third kappa shape index (κ3) is 3.25. The number of anilines is 1. The van der Waals surface area contributed by atoms with Crippen LogP contribution in [0.25, 0.3) is 16.2 Å². The standard InChI is InChI=1S/C18H22N4O3S/c1-11-15(17(23)19-2)26-18-21-14(12-5-7-13(25-4)8-6-12)16(22(11)18)20-9-10-24-3/h5-8,20H,9-10H2,1-4H3,(H,19,23). The van der Waals surface area contributed by atoms with Crippen molar-refractivity contribution in [3.05, 3.63) is 34.8 Å². The van der Waals surface area contributed by atoms with Crippen molar-refractivity contribution < 1.29 is 14.3 Å². The van der Waals surface area contributed by atoms with E-state index in [-0.39, 0.29) is 5.91 Å². The molecule has 0 fully saturated rings. The number of benzene rings is 1. The number of nitrogens with zero attached hydrogens (tertiary/aromatic N) is 2. The predicted octanol–water partition coefficient (Wildman–Crippen LogP) is 2.80. The van der Waals surface area contributed by atoms with Gasteiger partial charge in [0.2, 0.25) is 0 Å². The first-order valence-corrected chi connectivity index (χ1v) is 9.03. The Balaban J connectivity index is 2.11. The summed E-state index contributed by atoms with van der Waals surface area (Å²) in [6.07, 6.45) is 0. The Hall–Kier alpha value is -2.58. The Morgan fingerprint density at radius 3 is 2.62 bits per heavy atom. The van der Waals surface area contributed by atoms with Gasteiger partial charge in [-0.05, 0) is 31.2 Å². The Bertz CT molecular complexity index is 915. The van der Waals surface area contributed by atoms with Crippen LogP contribution in [0.5, 0.6) is 5.75 Å². The fraction of sp³-hybridized carbons (Fsp3) is 0.333. The quantitative estimate of drug-likeness (QED) is 0.622. The Morgan fingerprint density at radius 2 is 2.00 bits per heavy atom. The zero-order chi connectivity index (χ0) is 18.7. The molecule has 0 aliphatic heterocycles. The summed E-state index contributed by atoms with van der Waals surface area (Å²) in [6, 6.07) is 7.76. The van der Waals surface area contributed by atoms with Crippen LogP contribution >= 0.6 is 11.3 Å². The minimum absolute atomic E-state index is 0.105. The maximum atomic E-state index is 12.1. The average molecular weight is 374 g/mol. The van der Waals surface area contributed by atoms with Crippen molar-refractivity contribution in [3.8, 4) is 17.0 Å². The molecule has 7 nitrogen and oxygen atoms in total. The Morgan fingerprint density at radius 1 is 1.27 bits per heavy atom. The van der Waals surface area contributed by atoms with Crippen molar-refractivity contribution in [2.45, 2.75) is 6.92 Å². The van der Waals surface area contributed by atoms with E-state index in [0.29, 0.717) is 18.0 Å². The number of aryl methyl sites for hydroxylation is 1. The highest BCUT2D eigenvalue weighted by Gasteiger charge is 2.22. The molecule has 0 saturated heterocycles. The van der Waals surface area contributed by atoms with Crippen LogP contribution < -0.4 is 15.4 Å². The van der Waals surface area contributed by atoms with Crippen molar-refractivity contribution in [3.63, 3.8) is 0 Å². The number of carbonyl (C=O) groups excluding carboxylic acids is 1. The number of carbonyl (C=O) groups is 1. The number of methoxy groups -OCH3 is 2. The predicted molar refractivity (Wildman–Crippen MR) is 104 cm³/mol. The van der Waals surface area contributed by atoms with Crippen LogP contribution in [-0.2, 0) is 4.74 Å². The molecule has 1 aromatic carbocycles. The number of hydrogen-bond acceptors (Lipinski definition) is 6. The van der Waals surface area contributed by atoms with Crippen LogP contribution in [0.1, 0.15) is 15.4 Å². The zero-order valence-corrected chi connectivity index (χ0v) is 16.1. The molecule has 0 aliphatic carbocycles. The molecule has 3 rings (SSSR count). The van der Waals surface area contributed by atoms with Crippen molar-refractivity contribution in [2.24, 2.45) is 0 Å². The molecule has 0 unspecified atom stereocenters. The summed E-state index contributed by atoms with van der Waals surface area (Å²) in [5, 5.41) is 6.07. The summed E-state index contributed by atoms with van der Waals surface area (Å²) in [5.41, 5.74) is 2.67. The van der Waals surface area contributed by atoms with Crippen LogP contribution in [0.4, 0.5) is 5.82 Å². The summed E-state index contributed by atoms with van der Waals surface area (Å²) in [6.45, 7) is 3.13. The monoisotopic (exact) mass is 374 g/mol. The van der Waals surface area contributed by atoms with Gasteiger partial charge in [-0.1, -0.05) is 11.3 Å². The summed E-state index contributed by atoms with van der Waals surface area (Å²) in [7, 11) is 4.94. The van der Waals surface area contributed by atoms with Gasteiger partial charge in [0.15, 0.2) is 4.96 Å². The molecule has 2 aromatic heterocycles. The number of fused-ring (bicyclic) bond motifs is 1. The molecular formula is C18H22N4O3S. The van der Waals surface area contributed by atoms with E-state index in [1.807, 2.05) is 35.6 Å². The van der Waals surface area contributed by atoms with Crippen molar-refractivity contribution in [1.82, 2.24) is 14.7 Å². The number of thiazole rings is 1. The minimum Gasteiger partial charge on any atom is -0.497 e. The van der Waals surface area contributed by atoms with Gasteiger partial charge in [-0.3, -0.25) is 9.20 Å². The van der Waals surface area contributed by atoms with Crippen molar-refractivity contribution >= 4 is 28.0 Å². The second-order valence-electron chi connectivity index (χ2n) is 5.67. The van der Waals surface area contributed by atoms with E-state index in [9.17, 15) is 4.79 Å². The molecule has 138 valence electrons. The summed E-state index contributed by atoms with van der Waals surface area (Å²) in [5.74, 6) is 1.54. The summed E-state index contributed by atoms with van der Waals surface area (Å²) < 4.78 is 12.4. The van der Waals surface area contributed by atoms with Gasteiger partial charge in [0.05, 0.1) is 13.7 Å². The Kier molecular flexibility index (Phi) is 5.43. The van der Waals surface area contributed by atoms with E-state index in [4.69, 9.17) is 14.5 Å². The number of hydrogen-bond donors (Lipinski definition) is 2. The molecule has 26 heavy (non-hydrogen) atoms. The number of aromatic nitrogens is 2. The summed E-state index contributed by atoms with van der Waals surface area (Å²) in [4.78, 5) is 18.3. The first-order chi connectivity index (χ1) is 12.6. The van der Waals surface area contributed by atoms with Crippen LogP contribution in [-0.4, -0.2) is 49.7 Å². The van der Waals surface area contributed by atoms with E-state index in [1.54, 1.807) is 21.3 Å². The third-order valence-corrected chi connectivity index (χ3v) is 5.24. The fourth-order valence-corrected chi connectivity index (χ4v) is 3.83. The largest absolute Gasteiger partial charge is 0.497 e. The van der Waals surface area contributed by atoms with Crippen LogP contribution in [0, 0.1) is 6.92 Å². The minimum atomic E-state index is -0.105. The topological polar surface area (TPSA) is 76.9 Å². The molecule has 0 saturated carbocycles. The molecule has 0 atom stereocenters. The molecule has 2 N–H and O–H groups in total. The third-order valence-electron chi connectivity index (χ3n) is 4.10. The van der Waals surface area contributed by atoms with E-state index < -0.39 is 0 Å². The van der Waals surface area contributed by atoms with E-state index in [2.05, 4.69) is 10.6 Å². The molecular weight excluding hydrogens is 352 g/mol. The molecule has 8 heteroatoms. The van der Waals surface area contributed by atoms with Gasteiger partial charge in [-0.2, -0.15) is 0 Å². The molecule has 0 radical (unpaired) electrons. The maximum absolute atomic E-state index is 12.1. The molecule has 2 heterocycles. The lowest BCUT2D eigenvalue weighted by molar-refractivity contribution is 0.0966. The molecule has 1 amide bonds.